The predicted octanol–water partition coefficient (Wildman–Crippen LogP) is 4.08. The number of hydrogen-bond acceptors (Lipinski definition) is 5. The molecule has 102 valence electrons. The van der Waals surface area contributed by atoms with Crippen LogP contribution in [-0.2, 0) is 9.53 Å². The molecule has 6 heteroatoms. The van der Waals surface area contributed by atoms with Crippen LogP contribution in [0, 0.1) is 6.92 Å². The van der Waals surface area contributed by atoms with Crippen molar-refractivity contribution in [2.45, 2.75) is 20.8 Å². The zero-order chi connectivity index (χ0) is 14.4. The molecule has 0 aromatic heterocycles. The van der Waals surface area contributed by atoms with Gasteiger partial charge in [0.25, 0.3) is 0 Å². The van der Waals surface area contributed by atoms with E-state index in [-0.39, 0.29) is 18.1 Å². The van der Waals surface area contributed by atoms with Crippen molar-refractivity contribution < 1.29 is 14.6 Å². The lowest BCUT2D eigenvalue weighted by Crippen LogP contribution is -2.07. The molecule has 0 heterocycles. The van der Waals surface area contributed by atoms with Crippen molar-refractivity contribution in [3.8, 4) is 0 Å². The lowest BCUT2D eigenvalue weighted by molar-refractivity contribution is -0.138. The van der Waals surface area contributed by atoms with Crippen molar-refractivity contribution in [2.75, 3.05) is 6.61 Å². The second kappa shape index (κ2) is 6.89. The van der Waals surface area contributed by atoms with Gasteiger partial charge in [-0.05, 0) is 38.5 Å². The molecule has 1 rings (SSSR count). The number of allylic oxidation sites excluding steroid dienone is 1. The van der Waals surface area contributed by atoms with Gasteiger partial charge in [-0.15, -0.1) is 10.2 Å². The lowest BCUT2D eigenvalue weighted by atomic mass is 10.2. The molecule has 5 nitrogen and oxygen atoms in total. The summed E-state index contributed by atoms with van der Waals surface area (Å²) in [6, 6.07) is 5.17. The van der Waals surface area contributed by atoms with Gasteiger partial charge in [-0.3, -0.25) is 0 Å². The SMILES string of the molecule is CCOC(=O)/C(N=Nc1cccc(Cl)c1C)=C(/C)O. The molecule has 0 spiro atoms. The Morgan fingerprint density at radius 1 is 1.47 bits per heavy atom. The summed E-state index contributed by atoms with van der Waals surface area (Å²) >= 11 is 5.95. The number of aliphatic hydroxyl groups is 1. The Labute approximate surface area is 116 Å². The summed E-state index contributed by atoms with van der Waals surface area (Å²) < 4.78 is 4.77. The molecule has 0 unspecified atom stereocenters. The second-order valence-electron chi connectivity index (χ2n) is 3.74. The van der Waals surface area contributed by atoms with Gasteiger partial charge in [-0.1, -0.05) is 17.7 Å². The van der Waals surface area contributed by atoms with Crippen LogP contribution in [0.5, 0.6) is 0 Å². The number of halogens is 1. The fourth-order valence-electron chi connectivity index (χ4n) is 1.27. The zero-order valence-corrected chi connectivity index (χ0v) is 11.7. The highest BCUT2D eigenvalue weighted by Gasteiger charge is 2.14. The first-order valence-electron chi connectivity index (χ1n) is 5.71. The summed E-state index contributed by atoms with van der Waals surface area (Å²) in [5, 5.41) is 17.6. The number of aliphatic hydroxyl groups excluding tert-OH is 1. The van der Waals surface area contributed by atoms with Gasteiger partial charge in [0.2, 0.25) is 5.70 Å². The molecule has 0 atom stereocenters. The van der Waals surface area contributed by atoms with Crippen LogP contribution in [0.1, 0.15) is 19.4 Å². The summed E-state index contributed by atoms with van der Waals surface area (Å²) in [5.74, 6) is -0.965. The summed E-state index contributed by atoms with van der Waals surface area (Å²) in [6.07, 6.45) is 0. The van der Waals surface area contributed by atoms with E-state index in [0.29, 0.717) is 10.7 Å². The fraction of sp³-hybridized carbons (Fsp3) is 0.308. The molecule has 0 saturated heterocycles. The van der Waals surface area contributed by atoms with Crippen LogP contribution in [0.2, 0.25) is 5.02 Å². The smallest absolute Gasteiger partial charge is 0.362 e. The molecule has 0 amide bonds. The number of hydrogen-bond donors (Lipinski definition) is 1. The van der Waals surface area contributed by atoms with E-state index in [9.17, 15) is 9.90 Å². The van der Waals surface area contributed by atoms with Crippen LogP contribution in [0.4, 0.5) is 5.69 Å². The minimum Gasteiger partial charge on any atom is -0.510 e. The first kappa shape index (κ1) is 15.2. The number of azo groups is 1. The number of esters is 1. The minimum absolute atomic E-state index is 0.196. The van der Waals surface area contributed by atoms with Gasteiger partial charge < -0.3 is 9.84 Å². The molecule has 1 N–H and O–H groups in total. The number of benzene rings is 1. The van der Waals surface area contributed by atoms with Crippen LogP contribution in [0.25, 0.3) is 0 Å². The second-order valence-corrected chi connectivity index (χ2v) is 4.15. The molecule has 19 heavy (non-hydrogen) atoms. The zero-order valence-electron chi connectivity index (χ0n) is 11.0. The van der Waals surface area contributed by atoms with Crippen LogP contribution < -0.4 is 0 Å². The van der Waals surface area contributed by atoms with E-state index in [1.807, 2.05) is 0 Å². The van der Waals surface area contributed by atoms with Crippen molar-refractivity contribution in [2.24, 2.45) is 10.2 Å². The molecular weight excluding hydrogens is 268 g/mol. The van der Waals surface area contributed by atoms with Crippen molar-refractivity contribution in [3.05, 3.63) is 40.2 Å². The van der Waals surface area contributed by atoms with Gasteiger partial charge in [0, 0.05) is 5.02 Å². The highest BCUT2D eigenvalue weighted by Crippen LogP contribution is 2.26. The van der Waals surface area contributed by atoms with E-state index in [2.05, 4.69) is 10.2 Å². The number of ether oxygens (including phenoxy) is 1. The predicted molar refractivity (Wildman–Crippen MR) is 72.7 cm³/mol. The maximum atomic E-state index is 11.5. The monoisotopic (exact) mass is 282 g/mol. The van der Waals surface area contributed by atoms with E-state index >= 15 is 0 Å². The molecule has 0 fully saturated rings. The fourth-order valence-corrected chi connectivity index (χ4v) is 1.44. The number of carbonyl (C=O) groups is 1. The van der Waals surface area contributed by atoms with E-state index in [0.717, 1.165) is 5.56 Å². The van der Waals surface area contributed by atoms with Gasteiger partial charge in [-0.2, -0.15) is 0 Å². The maximum absolute atomic E-state index is 11.5. The first-order valence-corrected chi connectivity index (χ1v) is 6.09. The molecule has 1 aromatic rings. The minimum atomic E-state index is -0.717. The van der Waals surface area contributed by atoms with Crippen molar-refractivity contribution >= 4 is 23.3 Å². The van der Waals surface area contributed by atoms with Gasteiger partial charge in [0.05, 0.1) is 12.3 Å². The number of nitrogens with zero attached hydrogens (tertiary/aromatic N) is 2. The Hall–Kier alpha value is -1.88. The van der Waals surface area contributed by atoms with Crippen LogP contribution in [0.3, 0.4) is 0 Å². The van der Waals surface area contributed by atoms with E-state index in [1.165, 1.54) is 6.92 Å². The third-order valence-electron chi connectivity index (χ3n) is 2.31. The Bertz CT molecular complexity index is 535. The van der Waals surface area contributed by atoms with E-state index in [1.54, 1.807) is 32.0 Å². The Morgan fingerprint density at radius 2 is 2.16 bits per heavy atom. The van der Waals surface area contributed by atoms with Gasteiger partial charge in [-0.25, -0.2) is 4.79 Å². The molecule has 1 aromatic carbocycles. The molecule has 0 radical (unpaired) electrons. The molecule has 0 aliphatic carbocycles. The standard InChI is InChI=1S/C13H15ClN2O3/c1-4-19-13(18)12(9(3)17)16-15-11-7-5-6-10(14)8(11)2/h5-7,17H,4H2,1-3H3/b12-9+,16-15?. The highest BCUT2D eigenvalue weighted by molar-refractivity contribution is 6.31. The van der Waals surface area contributed by atoms with E-state index in [4.69, 9.17) is 16.3 Å². The molecule has 0 bridgehead atoms. The van der Waals surface area contributed by atoms with Crippen molar-refractivity contribution in [1.29, 1.82) is 0 Å². The van der Waals surface area contributed by atoms with Crippen LogP contribution >= 0.6 is 11.6 Å². The summed E-state index contributed by atoms with van der Waals surface area (Å²) in [7, 11) is 0. The van der Waals surface area contributed by atoms with E-state index < -0.39 is 5.97 Å². The normalized spacial score (nSPS) is 12.4. The number of rotatable bonds is 4. The molecule has 0 aliphatic heterocycles. The van der Waals surface area contributed by atoms with Crippen molar-refractivity contribution in [1.82, 2.24) is 0 Å². The Kier molecular flexibility index (Phi) is 5.51. The average molecular weight is 283 g/mol. The maximum Gasteiger partial charge on any atom is 0.362 e. The summed E-state index contributed by atoms with van der Waals surface area (Å²) in [4.78, 5) is 11.5. The third kappa shape index (κ3) is 4.06. The molecule has 0 aliphatic rings. The number of carbonyl (C=O) groups excluding carboxylic acids is 1. The third-order valence-corrected chi connectivity index (χ3v) is 2.72. The largest absolute Gasteiger partial charge is 0.510 e. The first-order chi connectivity index (χ1) is 8.97. The van der Waals surface area contributed by atoms with Crippen LogP contribution in [0.15, 0.2) is 39.9 Å². The van der Waals surface area contributed by atoms with Gasteiger partial charge in [0.1, 0.15) is 5.76 Å². The van der Waals surface area contributed by atoms with Gasteiger partial charge in [0.15, 0.2) is 0 Å². The van der Waals surface area contributed by atoms with Crippen molar-refractivity contribution in [3.63, 3.8) is 0 Å². The molecular formula is C13H15ClN2O3. The Morgan fingerprint density at radius 3 is 2.74 bits per heavy atom. The summed E-state index contributed by atoms with van der Waals surface area (Å²) in [6.45, 7) is 4.99. The quantitative estimate of drug-likeness (QED) is 0.391. The molecule has 0 saturated carbocycles. The highest BCUT2D eigenvalue weighted by atomic mass is 35.5. The lowest BCUT2D eigenvalue weighted by Gasteiger charge is -2.03. The topological polar surface area (TPSA) is 71.2 Å². The summed E-state index contributed by atoms with van der Waals surface area (Å²) in [5.41, 5.74) is 1.04. The van der Waals surface area contributed by atoms with Crippen LogP contribution in [-0.4, -0.2) is 17.7 Å². The average Bonchev–Trinajstić information content (AvgIpc) is 2.34. The Balaban J connectivity index is 3.04. The van der Waals surface area contributed by atoms with Gasteiger partial charge >= 0.3 is 5.97 Å².